The topological polar surface area (TPSA) is 0 Å². The van der Waals surface area contributed by atoms with Crippen LogP contribution in [0.25, 0.3) is 121 Å². The van der Waals surface area contributed by atoms with E-state index in [0.717, 1.165) is 0 Å². The van der Waals surface area contributed by atoms with Gasteiger partial charge in [0.2, 0.25) is 0 Å². The zero-order valence-electron chi connectivity index (χ0n) is 37.7. The van der Waals surface area contributed by atoms with Gasteiger partial charge in [-0.05, 0) is 163 Å². The fraction of sp³-hybridized carbons (Fsp3) is 0.0448. The van der Waals surface area contributed by atoms with Gasteiger partial charge in [0.15, 0.2) is 0 Å². The molecule has 12 aromatic rings. The lowest BCUT2D eigenvalue weighted by atomic mass is 9.81. The summed E-state index contributed by atoms with van der Waals surface area (Å²) in [5.74, 6) is 0.343. The van der Waals surface area contributed by atoms with Gasteiger partial charge in [0, 0.05) is 0 Å². The summed E-state index contributed by atoms with van der Waals surface area (Å²) >= 11 is 0. The predicted molar refractivity (Wildman–Crippen MR) is 289 cm³/mol. The van der Waals surface area contributed by atoms with Crippen molar-refractivity contribution in [1.82, 2.24) is 0 Å². The van der Waals surface area contributed by atoms with E-state index in [0.29, 0.717) is 5.92 Å². The highest BCUT2D eigenvalue weighted by molar-refractivity contribution is 6.22. The quantitative estimate of drug-likeness (QED) is 0.134. The number of benzene rings is 12. The van der Waals surface area contributed by atoms with Crippen molar-refractivity contribution in [3.63, 3.8) is 0 Å². The van der Waals surface area contributed by atoms with Crippen LogP contribution in [0.1, 0.15) is 25.3 Å². The average Bonchev–Trinajstić information content (AvgIpc) is 3.39. The van der Waals surface area contributed by atoms with Crippen LogP contribution in [0.5, 0.6) is 0 Å². The van der Waals surface area contributed by atoms with Crippen LogP contribution in [-0.2, 0) is 0 Å². The fourth-order valence-corrected chi connectivity index (χ4v) is 10.6. The summed E-state index contributed by atoms with van der Waals surface area (Å²) in [5, 5.41) is 10.0. The maximum absolute atomic E-state index is 2.45. The van der Waals surface area contributed by atoms with Crippen molar-refractivity contribution in [1.29, 1.82) is 0 Å². The van der Waals surface area contributed by atoms with Crippen LogP contribution >= 0.6 is 0 Å². The zero-order chi connectivity index (χ0) is 44.8. The third-order valence-electron chi connectivity index (χ3n) is 13.8. The van der Waals surface area contributed by atoms with Gasteiger partial charge < -0.3 is 0 Å². The van der Waals surface area contributed by atoms with Crippen LogP contribution in [0.2, 0.25) is 0 Å². The molecule has 0 aliphatic heterocycles. The van der Waals surface area contributed by atoms with E-state index >= 15 is 0 Å². The minimum atomic E-state index is 0.343. The Morgan fingerprint density at radius 2 is 0.657 bits per heavy atom. The van der Waals surface area contributed by atoms with Gasteiger partial charge in [-0.3, -0.25) is 0 Å². The van der Waals surface area contributed by atoms with E-state index in [4.69, 9.17) is 0 Å². The van der Waals surface area contributed by atoms with E-state index in [9.17, 15) is 0 Å². The predicted octanol–water partition coefficient (Wildman–Crippen LogP) is 19.1. The molecule has 0 aromatic heterocycles. The molecule has 0 nitrogen and oxygen atoms in total. The second-order valence-electron chi connectivity index (χ2n) is 18.2. The largest absolute Gasteiger partial charge is 0.0622 e. The van der Waals surface area contributed by atoms with Crippen molar-refractivity contribution < 1.29 is 0 Å². The van der Waals surface area contributed by atoms with Crippen LogP contribution in [0, 0.1) is 0 Å². The smallest absolute Gasteiger partial charge is 0.00262 e. The lowest BCUT2D eigenvalue weighted by molar-refractivity contribution is 0.869. The molecule has 0 atom stereocenters. The minimum Gasteiger partial charge on any atom is -0.0622 e. The second-order valence-corrected chi connectivity index (χ2v) is 18.2. The van der Waals surface area contributed by atoms with Gasteiger partial charge in [0.05, 0.1) is 0 Å². The molecule has 0 heteroatoms. The van der Waals surface area contributed by atoms with Crippen molar-refractivity contribution in [2.75, 3.05) is 0 Å². The van der Waals surface area contributed by atoms with E-state index in [1.54, 1.807) is 0 Å². The first-order chi connectivity index (χ1) is 33.1. The molecule has 316 valence electrons. The molecule has 0 radical (unpaired) electrons. The van der Waals surface area contributed by atoms with E-state index in [1.165, 1.54) is 127 Å². The third-order valence-corrected chi connectivity index (χ3v) is 13.8. The molecule has 0 fully saturated rings. The Labute approximate surface area is 393 Å². The molecule has 0 saturated heterocycles. The first-order valence-electron chi connectivity index (χ1n) is 23.5. The number of hydrogen-bond donors (Lipinski definition) is 0. The number of rotatable bonds is 8. The molecule has 0 unspecified atom stereocenters. The Kier molecular flexibility index (Phi) is 10.1. The summed E-state index contributed by atoms with van der Waals surface area (Å²) < 4.78 is 0. The monoisotopic (exact) mass is 852 g/mol. The third kappa shape index (κ3) is 7.28. The Hall–Kier alpha value is -8.32. The SMILES string of the molecule is CC(C)c1ccccc1-c1cc(-c2cccc(-c3c4ccccc4c(-c4ccc5ccccc5c4)c4ccccc34)c2)cc(-c2ccc(-c3ccc4ccccc4c3)cc2)c1-c1ccccc1. The maximum atomic E-state index is 2.45. The number of fused-ring (bicyclic) bond motifs is 4. The van der Waals surface area contributed by atoms with Crippen molar-refractivity contribution in [2.24, 2.45) is 0 Å². The van der Waals surface area contributed by atoms with E-state index in [2.05, 4.69) is 263 Å². The average molecular weight is 853 g/mol. The molecular weight excluding hydrogens is 805 g/mol. The van der Waals surface area contributed by atoms with Crippen LogP contribution in [0.4, 0.5) is 0 Å². The van der Waals surface area contributed by atoms with E-state index in [1.807, 2.05) is 0 Å². The van der Waals surface area contributed by atoms with Gasteiger partial charge in [-0.25, -0.2) is 0 Å². The van der Waals surface area contributed by atoms with Crippen molar-refractivity contribution >= 4 is 43.1 Å². The summed E-state index contributed by atoms with van der Waals surface area (Å²) in [4.78, 5) is 0. The summed E-state index contributed by atoms with van der Waals surface area (Å²) in [7, 11) is 0. The van der Waals surface area contributed by atoms with Crippen LogP contribution in [0.15, 0.2) is 249 Å². The van der Waals surface area contributed by atoms with E-state index < -0.39 is 0 Å². The second kappa shape index (κ2) is 16.9. The molecule has 12 rings (SSSR count). The highest BCUT2D eigenvalue weighted by atomic mass is 14.2. The lowest BCUT2D eigenvalue weighted by Crippen LogP contribution is -1.97. The summed E-state index contributed by atoms with van der Waals surface area (Å²) in [6, 6.07) is 92.2. The van der Waals surface area contributed by atoms with Crippen molar-refractivity contribution in [3.8, 4) is 77.9 Å². The van der Waals surface area contributed by atoms with Crippen molar-refractivity contribution in [2.45, 2.75) is 19.8 Å². The Morgan fingerprint density at radius 3 is 1.28 bits per heavy atom. The molecule has 0 bridgehead atoms. The summed E-state index contributed by atoms with van der Waals surface area (Å²) in [5.41, 5.74) is 18.5. The first kappa shape index (κ1) is 40.2. The molecule has 0 spiro atoms. The van der Waals surface area contributed by atoms with Gasteiger partial charge in [-0.1, -0.05) is 232 Å². The molecule has 0 amide bonds. The molecule has 0 N–H and O–H groups in total. The van der Waals surface area contributed by atoms with Gasteiger partial charge >= 0.3 is 0 Å². The highest BCUT2D eigenvalue weighted by Gasteiger charge is 2.22. The van der Waals surface area contributed by atoms with Crippen LogP contribution in [0.3, 0.4) is 0 Å². The van der Waals surface area contributed by atoms with E-state index in [-0.39, 0.29) is 0 Å². The Bertz CT molecular complexity index is 3760. The lowest BCUT2D eigenvalue weighted by Gasteiger charge is -2.22. The van der Waals surface area contributed by atoms with Gasteiger partial charge in [-0.2, -0.15) is 0 Å². The number of hydrogen-bond acceptors (Lipinski definition) is 0. The standard InChI is InChI=1S/C67H48/c1-44(2)57-25-10-11-26-58(57)64-43-56(42-63(65(64)49-19-4-3-5-20-49)48-35-31-47(32-36-48)53-37-33-45-17-6-8-21-50(45)39-53)52-23-16-24-54(41-52)66-59-27-12-14-29-61(59)67(62-30-15-13-28-60(62)66)55-38-34-46-18-7-9-22-51(46)40-55/h3-44H,1-2H3. The molecule has 0 saturated carbocycles. The molecule has 12 aromatic carbocycles. The van der Waals surface area contributed by atoms with Gasteiger partial charge in [0.25, 0.3) is 0 Å². The molecule has 0 aliphatic carbocycles. The zero-order valence-corrected chi connectivity index (χ0v) is 37.7. The molecule has 67 heavy (non-hydrogen) atoms. The van der Waals surface area contributed by atoms with Gasteiger partial charge in [-0.15, -0.1) is 0 Å². The highest BCUT2D eigenvalue weighted by Crippen LogP contribution is 2.48. The first-order valence-corrected chi connectivity index (χ1v) is 23.5. The fourth-order valence-electron chi connectivity index (χ4n) is 10.6. The normalized spacial score (nSPS) is 11.6. The van der Waals surface area contributed by atoms with Crippen LogP contribution in [-0.4, -0.2) is 0 Å². The molecule has 0 heterocycles. The Morgan fingerprint density at radius 1 is 0.224 bits per heavy atom. The summed E-state index contributed by atoms with van der Waals surface area (Å²) in [6.07, 6.45) is 0. The minimum absolute atomic E-state index is 0.343. The molecular formula is C67H48. The van der Waals surface area contributed by atoms with Crippen molar-refractivity contribution in [3.05, 3.63) is 254 Å². The van der Waals surface area contributed by atoms with Crippen LogP contribution < -0.4 is 0 Å². The Balaban J connectivity index is 1.07. The van der Waals surface area contributed by atoms with Gasteiger partial charge in [0.1, 0.15) is 0 Å². The summed E-state index contributed by atoms with van der Waals surface area (Å²) in [6.45, 7) is 4.61. The maximum Gasteiger partial charge on any atom is -0.00262 e. The molecule has 0 aliphatic rings.